The van der Waals surface area contributed by atoms with Crippen molar-refractivity contribution in [1.82, 2.24) is 9.80 Å². The average Bonchev–Trinajstić information content (AvgIpc) is 2.17. The first-order valence-electron chi connectivity index (χ1n) is 6.45. The molecule has 0 radical (unpaired) electrons. The third kappa shape index (κ3) is 4.04. The van der Waals surface area contributed by atoms with Crippen molar-refractivity contribution in [2.45, 2.75) is 46.8 Å². The molecule has 0 spiro atoms. The highest BCUT2D eigenvalue weighted by Crippen LogP contribution is 2.20. The van der Waals surface area contributed by atoms with Gasteiger partial charge in [-0.25, -0.2) is 0 Å². The topological polar surface area (TPSA) is 26.7 Å². The monoisotopic (exact) mass is 228 g/mol. The van der Waals surface area contributed by atoms with Crippen LogP contribution < -0.4 is 0 Å². The smallest absolute Gasteiger partial charge is 0.0715 e. The van der Waals surface area contributed by atoms with Crippen molar-refractivity contribution in [1.29, 1.82) is 0 Å². The first kappa shape index (κ1) is 13.9. The molecule has 1 unspecified atom stereocenters. The van der Waals surface area contributed by atoms with E-state index in [2.05, 4.69) is 44.4 Å². The van der Waals surface area contributed by atoms with Crippen molar-refractivity contribution in [3.63, 3.8) is 0 Å². The van der Waals surface area contributed by atoms with Crippen LogP contribution in [0.15, 0.2) is 0 Å². The summed E-state index contributed by atoms with van der Waals surface area (Å²) in [7, 11) is 0. The molecule has 0 amide bonds. The van der Waals surface area contributed by atoms with Gasteiger partial charge in [0, 0.05) is 38.8 Å². The van der Waals surface area contributed by atoms with E-state index in [0.29, 0.717) is 6.04 Å². The van der Waals surface area contributed by atoms with Crippen molar-refractivity contribution in [3.8, 4) is 0 Å². The number of aliphatic hydroxyl groups excluding tert-OH is 1. The fourth-order valence-electron chi connectivity index (χ4n) is 1.98. The molecule has 1 heterocycles. The zero-order chi connectivity index (χ0) is 12.3. The maximum atomic E-state index is 10.1. The molecule has 96 valence electrons. The number of hydrogen-bond acceptors (Lipinski definition) is 3. The Morgan fingerprint density at radius 2 is 1.56 bits per heavy atom. The van der Waals surface area contributed by atoms with Gasteiger partial charge in [-0.2, -0.15) is 0 Å². The summed E-state index contributed by atoms with van der Waals surface area (Å²) in [5.74, 6) is 0. The summed E-state index contributed by atoms with van der Waals surface area (Å²) in [4.78, 5) is 4.88. The number of nitrogens with zero attached hydrogens (tertiary/aromatic N) is 2. The summed E-state index contributed by atoms with van der Waals surface area (Å²) in [5.41, 5.74) is -0.00478. The summed E-state index contributed by atoms with van der Waals surface area (Å²) < 4.78 is 0. The molecule has 1 aliphatic heterocycles. The normalized spacial score (nSPS) is 22.7. The molecule has 3 nitrogen and oxygen atoms in total. The fourth-order valence-corrected chi connectivity index (χ4v) is 1.98. The highest BCUT2D eigenvalue weighted by molar-refractivity contribution is 4.80. The Morgan fingerprint density at radius 1 is 1.06 bits per heavy atom. The Hall–Kier alpha value is -0.120. The lowest BCUT2D eigenvalue weighted by Crippen LogP contribution is -2.51. The molecule has 3 heteroatoms. The van der Waals surface area contributed by atoms with E-state index in [1.807, 2.05) is 0 Å². The van der Waals surface area contributed by atoms with Gasteiger partial charge in [-0.3, -0.25) is 9.80 Å². The third-order valence-electron chi connectivity index (χ3n) is 3.57. The van der Waals surface area contributed by atoms with Gasteiger partial charge in [0.25, 0.3) is 0 Å². The molecular weight excluding hydrogens is 200 g/mol. The van der Waals surface area contributed by atoms with Gasteiger partial charge in [-0.15, -0.1) is 0 Å². The molecule has 0 aromatic rings. The molecule has 1 N–H and O–H groups in total. The minimum Gasteiger partial charge on any atom is -0.391 e. The van der Waals surface area contributed by atoms with Crippen LogP contribution >= 0.6 is 0 Å². The maximum absolute atomic E-state index is 10.1. The minimum absolute atomic E-state index is 0.00478. The van der Waals surface area contributed by atoms with Crippen LogP contribution in [-0.4, -0.2) is 59.8 Å². The van der Waals surface area contributed by atoms with E-state index in [4.69, 9.17) is 0 Å². The van der Waals surface area contributed by atoms with Crippen LogP contribution in [0.5, 0.6) is 0 Å². The largest absolute Gasteiger partial charge is 0.391 e. The zero-order valence-electron chi connectivity index (χ0n) is 11.5. The Labute approximate surface area is 100 Å². The van der Waals surface area contributed by atoms with Crippen LogP contribution in [0, 0.1) is 5.41 Å². The van der Waals surface area contributed by atoms with Gasteiger partial charge in [0.15, 0.2) is 0 Å². The lowest BCUT2D eigenvalue weighted by molar-refractivity contribution is 0.00986. The molecule has 0 aromatic heterocycles. The SMILES string of the molecule is CC(C)N1CCN(CC(O)C(C)(C)C)CC1. The average molecular weight is 228 g/mol. The number of aliphatic hydroxyl groups is 1. The molecule has 1 saturated heterocycles. The van der Waals surface area contributed by atoms with Gasteiger partial charge in [0.2, 0.25) is 0 Å². The Balaban J connectivity index is 2.32. The second-order valence-electron chi connectivity index (χ2n) is 6.31. The van der Waals surface area contributed by atoms with Gasteiger partial charge in [0.05, 0.1) is 6.10 Å². The lowest BCUT2D eigenvalue weighted by atomic mass is 9.89. The Bertz CT molecular complexity index is 202. The number of rotatable bonds is 3. The second-order valence-corrected chi connectivity index (χ2v) is 6.31. The first-order valence-corrected chi connectivity index (χ1v) is 6.45. The molecule has 0 saturated carbocycles. The van der Waals surface area contributed by atoms with Crippen LogP contribution in [0.4, 0.5) is 0 Å². The molecule has 1 atom stereocenters. The molecule has 1 rings (SSSR count). The second kappa shape index (κ2) is 5.48. The van der Waals surface area contributed by atoms with Crippen molar-refractivity contribution in [2.24, 2.45) is 5.41 Å². The standard InChI is InChI=1S/C13H28N2O/c1-11(2)15-8-6-14(7-9-15)10-12(16)13(3,4)5/h11-12,16H,6-10H2,1-5H3. The van der Waals surface area contributed by atoms with E-state index < -0.39 is 0 Å². The van der Waals surface area contributed by atoms with Gasteiger partial charge < -0.3 is 5.11 Å². The van der Waals surface area contributed by atoms with Crippen LogP contribution in [0.25, 0.3) is 0 Å². The summed E-state index contributed by atoms with van der Waals surface area (Å²) in [6.45, 7) is 16.1. The predicted molar refractivity (Wildman–Crippen MR) is 68.6 cm³/mol. The van der Waals surface area contributed by atoms with E-state index in [1.54, 1.807) is 0 Å². The minimum atomic E-state index is -0.224. The van der Waals surface area contributed by atoms with Crippen molar-refractivity contribution < 1.29 is 5.11 Å². The third-order valence-corrected chi connectivity index (χ3v) is 3.57. The van der Waals surface area contributed by atoms with Gasteiger partial charge >= 0.3 is 0 Å². The van der Waals surface area contributed by atoms with Crippen LogP contribution in [0.2, 0.25) is 0 Å². The first-order chi connectivity index (χ1) is 7.30. The number of hydrogen-bond donors (Lipinski definition) is 1. The van der Waals surface area contributed by atoms with E-state index in [-0.39, 0.29) is 11.5 Å². The van der Waals surface area contributed by atoms with Gasteiger partial charge in [0.1, 0.15) is 0 Å². The summed E-state index contributed by atoms with van der Waals surface area (Å²) >= 11 is 0. The highest BCUT2D eigenvalue weighted by Gasteiger charge is 2.26. The fraction of sp³-hybridized carbons (Fsp3) is 1.00. The quantitative estimate of drug-likeness (QED) is 0.791. The molecule has 1 fully saturated rings. The van der Waals surface area contributed by atoms with Gasteiger partial charge in [-0.1, -0.05) is 20.8 Å². The van der Waals surface area contributed by atoms with E-state index in [1.165, 1.54) is 0 Å². The number of piperazine rings is 1. The highest BCUT2D eigenvalue weighted by atomic mass is 16.3. The summed E-state index contributed by atoms with van der Waals surface area (Å²) in [6.07, 6.45) is -0.224. The molecule has 16 heavy (non-hydrogen) atoms. The molecule has 0 bridgehead atoms. The summed E-state index contributed by atoms with van der Waals surface area (Å²) in [6, 6.07) is 0.648. The molecule has 1 aliphatic rings. The maximum Gasteiger partial charge on any atom is 0.0715 e. The predicted octanol–water partition coefficient (Wildman–Crippen LogP) is 1.42. The molecule has 0 aliphatic carbocycles. The van der Waals surface area contributed by atoms with E-state index >= 15 is 0 Å². The van der Waals surface area contributed by atoms with Crippen molar-refractivity contribution in [2.75, 3.05) is 32.7 Å². The zero-order valence-corrected chi connectivity index (χ0v) is 11.5. The van der Waals surface area contributed by atoms with Crippen LogP contribution in [-0.2, 0) is 0 Å². The Morgan fingerprint density at radius 3 is 1.94 bits per heavy atom. The van der Waals surface area contributed by atoms with Crippen molar-refractivity contribution >= 4 is 0 Å². The Kier molecular flexibility index (Phi) is 4.77. The van der Waals surface area contributed by atoms with E-state index in [0.717, 1.165) is 32.7 Å². The molecule has 0 aromatic carbocycles. The summed E-state index contributed by atoms with van der Waals surface area (Å²) in [5, 5.41) is 10.1. The van der Waals surface area contributed by atoms with Crippen molar-refractivity contribution in [3.05, 3.63) is 0 Å². The lowest BCUT2D eigenvalue weighted by Gasteiger charge is -2.39. The van der Waals surface area contributed by atoms with Crippen LogP contribution in [0.3, 0.4) is 0 Å². The molecular formula is C13H28N2O. The van der Waals surface area contributed by atoms with E-state index in [9.17, 15) is 5.11 Å². The van der Waals surface area contributed by atoms with Crippen LogP contribution in [0.1, 0.15) is 34.6 Å². The van der Waals surface area contributed by atoms with Gasteiger partial charge in [-0.05, 0) is 19.3 Å². The number of β-amino-alcohol motifs (C(OH)–C–C–N with tert-alkyl or cyclic N) is 1.